The number of ether oxygens (including phenoxy) is 4. The summed E-state index contributed by atoms with van der Waals surface area (Å²) in [5, 5.41) is 10.6. The fraction of sp³-hybridized carbons (Fsp3) is 0.662. The maximum atomic E-state index is 13.0. The first-order chi connectivity index (χ1) is 46.7. The smallest absolute Gasteiger partial charge is 0.462 e. The van der Waals surface area contributed by atoms with Crippen molar-refractivity contribution in [1.29, 1.82) is 0 Å². The molecule has 0 bridgehead atoms. The van der Waals surface area contributed by atoms with E-state index in [1.165, 1.54) is 64.2 Å². The largest absolute Gasteiger partial charge is 0.472 e. The fourth-order valence-electron chi connectivity index (χ4n) is 9.15. The molecule has 5 unspecified atom stereocenters. The van der Waals surface area contributed by atoms with Gasteiger partial charge >= 0.3 is 39.5 Å². The second-order valence-corrected chi connectivity index (χ2v) is 26.7. The van der Waals surface area contributed by atoms with Crippen LogP contribution in [-0.4, -0.2) is 96.7 Å². The van der Waals surface area contributed by atoms with Gasteiger partial charge in [-0.2, -0.15) is 0 Å². The summed E-state index contributed by atoms with van der Waals surface area (Å²) < 4.78 is 68.1. The molecule has 0 aliphatic carbocycles. The molecule has 17 nitrogen and oxygen atoms in total. The number of esters is 4. The van der Waals surface area contributed by atoms with E-state index in [2.05, 4.69) is 125 Å². The van der Waals surface area contributed by atoms with Crippen molar-refractivity contribution in [3.63, 3.8) is 0 Å². The number of carbonyl (C=O) groups is 4. The second kappa shape index (κ2) is 68.7. The first-order valence-electron chi connectivity index (χ1n) is 36.4. The van der Waals surface area contributed by atoms with Gasteiger partial charge in [0.1, 0.15) is 19.3 Å². The topological polar surface area (TPSA) is 237 Å². The van der Waals surface area contributed by atoms with Crippen LogP contribution in [0.25, 0.3) is 0 Å². The number of aliphatic hydroxyl groups is 1. The zero-order valence-electron chi connectivity index (χ0n) is 59.5. The Kier molecular flexibility index (Phi) is 65.3. The molecule has 548 valence electrons. The third kappa shape index (κ3) is 67.8. The van der Waals surface area contributed by atoms with Crippen molar-refractivity contribution in [3.8, 4) is 0 Å². The van der Waals surface area contributed by atoms with E-state index in [-0.39, 0.29) is 25.7 Å². The van der Waals surface area contributed by atoms with Gasteiger partial charge in [-0.05, 0) is 116 Å². The minimum atomic E-state index is -5.01. The molecule has 19 heteroatoms. The Bertz CT molecular complexity index is 2350. The Morgan fingerprint density at radius 2 is 0.594 bits per heavy atom. The average Bonchev–Trinajstić information content (AvgIpc) is 2.18. The minimum Gasteiger partial charge on any atom is -0.462 e. The lowest BCUT2D eigenvalue weighted by Crippen LogP contribution is -2.30. The number of aliphatic hydroxyl groups excluding tert-OH is 1. The zero-order valence-corrected chi connectivity index (χ0v) is 61.3. The van der Waals surface area contributed by atoms with Crippen LogP contribution in [0, 0.1) is 0 Å². The molecule has 0 aromatic carbocycles. The van der Waals surface area contributed by atoms with Crippen LogP contribution in [0.2, 0.25) is 0 Å². The Hall–Kier alpha value is -4.80. The Morgan fingerprint density at radius 3 is 0.990 bits per heavy atom. The molecule has 0 heterocycles. The predicted molar refractivity (Wildman–Crippen MR) is 390 cm³/mol. The van der Waals surface area contributed by atoms with Crippen molar-refractivity contribution in [2.45, 2.75) is 290 Å². The number of hydrogen-bond donors (Lipinski definition) is 3. The quantitative estimate of drug-likeness (QED) is 0.0169. The average molecular weight is 1390 g/mol. The monoisotopic (exact) mass is 1390 g/mol. The van der Waals surface area contributed by atoms with Gasteiger partial charge in [-0.25, -0.2) is 9.13 Å². The molecule has 5 atom stereocenters. The summed E-state index contributed by atoms with van der Waals surface area (Å²) in [5.74, 6) is -2.41. The molecule has 0 saturated heterocycles. The van der Waals surface area contributed by atoms with Crippen molar-refractivity contribution in [2.75, 3.05) is 39.6 Å². The molecule has 0 amide bonds. The van der Waals surface area contributed by atoms with Crippen molar-refractivity contribution >= 4 is 39.5 Å². The Balaban J connectivity index is 5.46. The summed E-state index contributed by atoms with van der Waals surface area (Å²) in [6.07, 6.45) is 75.0. The SMILES string of the molecule is CC/C=C\C/C=C\C/C=C\C/C=C\C/C=C\CCCC(=O)OCC(COP(=O)(O)OCC(O)COP(=O)(O)OCC(COC(=O)CCCCCCC/C=C\CCCCCC)OC(=O)CCCCCCCCCCCCC)OC(=O)C/C=C\C/C=C\C/C=C\C/C=C\C/C=C\CC. The highest BCUT2D eigenvalue weighted by molar-refractivity contribution is 7.47. The van der Waals surface area contributed by atoms with Crippen molar-refractivity contribution < 1.29 is 80.2 Å². The van der Waals surface area contributed by atoms with Gasteiger partial charge in [-0.1, -0.05) is 264 Å². The molecule has 0 aromatic rings. The third-order valence-electron chi connectivity index (χ3n) is 14.6. The van der Waals surface area contributed by atoms with Crippen LogP contribution in [0.5, 0.6) is 0 Å². The van der Waals surface area contributed by atoms with E-state index in [0.29, 0.717) is 32.1 Å². The highest BCUT2D eigenvalue weighted by Gasteiger charge is 2.30. The molecule has 0 radical (unpaired) electrons. The molecule has 0 spiro atoms. The van der Waals surface area contributed by atoms with Gasteiger partial charge in [-0.15, -0.1) is 0 Å². The lowest BCUT2D eigenvalue weighted by molar-refractivity contribution is -0.161. The highest BCUT2D eigenvalue weighted by Crippen LogP contribution is 2.45. The Labute approximate surface area is 580 Å². The highest BCUT2D eigenvalue weighted by atomic mass is 31.2. The number of unbranched alkanes of at least 4 members (excludes halogenated alkanes) is 20. The molecule has 0 aliphatic rings. The van der Waals surface area contributed by atoms with Crippen molar-refractivity contribution in [3.05, 3.63) is 134 Å². The van der Waals surface area contributed by atoms with Crippen LogP contribution in [0.4, 0.5) is 0 Å². The van der Waals surface area contributed by atoms with E-state index in [4.69, 9.17) is 37.0 Å². The first kappa shape index (κ1) is 91.2. The molecular weight excluding hydrogens is 1260 g/mol. The van der Waals surface area contributed by atoms with E-state index in [1.807, 2.05) is 24.3 Å². The molecular formula is C77H128O17P2. The van der Waals surface area contributed by atoms with Gasteiger partial charge in [0.05, 0.1) is 32.8 Å². The molecule has 3 N–H and O–H groups in total. The second-order valence-electron chi connectivity index (χ2n) is 23.8. The number of allylic oxidation sites excluding steroid dienone is 21. The summed E-state index contributed by atoms with van der Waals surface area (Å²) in [4.78, 5) is 72.6. The number of hydrogen-bond acceptors (Lipinski definition) is 15. The zero-order chi connectivity index (χ0) is 70.4. The van der Waals surface area contributed by atoms with Crippen LogP contribution in [-0.2, 0) is 65.4 Å². The number of phosphoric ester groups is 2. The normalized spacial score (nSPS) is 14.8. The van der Waals surface area contributed by atoms with Gasteiger partial charge in [0.15, 0.2) is 12.2 Å². The lowest BCUT2D eigenvalue weighted by Gasteiger charge is -2.21. The Morgan fingerprint density at radius 1 is 0.312 bits per heavy atom. The number of rotatable bonds is 67. The fourth-order valence-corrected chi connectivity index (χ4v) is 10.7. The molecule has 0 saturated carbocycles. The van der Waals surface area contributed by atoms with Gasteiger partial charge in [0, 0.05) is 19.3 Å². The van der Waals surface area contributed by atoms with Crippen LogP contribution in [0.1, 0.15) is 272 Å². The maximum absolute atomic E-state index is 13.0. The maximum Gasteiger partial charge on any atom is 0.472 e. The van der Waals surface area contributed by atoms with Crippen LogP contribution in [0.15, 0.2) is 134 Å². The minimum absolute atomic E-state index is 0.0601. The van der Waals surface area contributed by atoms with Crippen LogP contribution in [0.3, 0.4) is 0 Å². The van der Waals surface area contributed by atoms with E-state index < -0.39 is 97.5 Å². The van der Waals surface area contributed by atoms with Crippen molar-refractivity contribution in [1.82, 2.24) is 0 Å². The molecule has 0 fully saturated rings. The predicted octanol–water partition coefficient (Wildman–Crippen LogP) is 20.5. The summed E-state index contributed by atoms with van der Waals surface area (Å²) in [6, 6.07) is 0. The van der Waals surface area contributed by atoms with E-state index in [1.54, 1.807) is 12.2 Å². The van der Waals surface area contributed by atoms with Crippen LogP contribution < -0.4 is 0 Å². The van der Waals surface area contributed by atoms with Gasteiger partial charge < -0.3 is 33.8 Å². The molecule has 0 aliphatic heterocycles. The van der Waals surface area contributed by atoms with Gasteiger partial charge in [-0.3, -0.25) is 37.3 Å². The molecule has 0 rings (SSSR count). The van der Waals surface area contributed by atoms with Gasteiger partial charge in [0.25, 0.3) is 0 Å². The molecule has 96 heavy (non-hydrogen) atoms. The van der Waals surface area contributed by atoms with Crippen LogP contribution >= 0.6 is 15.6 Å². The van der Waals surface area contributed by atoms with E-state index >= 15 is 0 Å². The molecule has 0 aromatic heterocycles. The summed E-state index contributed by atoms with van der Waals surface area (Å²) in [7, 11) is -9.99. The van der Waals surface area contributed by atoms with Crippen molar-refractivity contribution in [2.24, 2.45) is 0 Å². The summed E-state index contributed by atoms with van der Waals surface area (Å²) >= 11 is 0. The summed E-state index contributed by atoms with van der Waals surface area (Å²) in [5.41, 5.74) is 0. The summed E-state index contributed by atoms with van der Waals surface area (Å²) in [6.45, 7) is 4.41. The lowest BCUT2D eigenvalue weighted by atomic mass is 10.1. The number of phosphoric acid groups is 2. The first-order valence-corrected chi connectivity index (χ1v) is 39.4. The van der Waals surface area contributed by atoms with E-state index in [0.717, 1.165) is 122 Å². The van der Waals surface area contributed by atoms with E-state index in [9.17, 15) is 43.2 Å². The van der Waals surface area contributed by atoms with Gasteiger partial charge in [0.2, 0.25) is 0 Å². The third-order valence-corrected chi connectivity index (χ3v) is 16.5. The number of carbonyl (C=O) groups excluding carboxylic acids is 4. The standard InChI is InChI=1S/C77H128O17P2/c1-5-9-13-17-21-25-29-32-34-35-37-39-43-46-50-54-58-62-75(80)88-68-73(94-77(82)64-60-56-52-48-44-40-36-33-30-26-22-18-14-10-6-2)70-92-96(85,86)90-66-71(78)65-89-95(83,84)91-69-72(93-76(81)63-59-55-51-47-41-28-24-20-16-12-8-4)67-87-74(79)61-57-53-49-45-42-38-31-27-23-19-15-11-7-3/h9-10,13-14,21-22,25-27,31-34,36-37,39,44,46,48,50,56,60,71-73,78H,5-8,11-12,15-20,23-24,28-30,35,38,40-43,45,47,49,51-55,57-59,61-70H2,1-4H3,(H,83,84)(H,85,86)/b13-9-,14-10-,25-21-,26-22-,31-27-,34-32-,36-33-,39-37-,48-44-,50-46-,60-56-.